The fourth-order valence-electron chi connectivity index (χ4n) is 3.63. The SMILES string of the molecule is C=CCn1c(-c2ccc(Cl)cc2)cnc1SCC(=O)NN1C(=O)N[C@@](C)(c2ccccc2)C1=O. The zero-order valence-electron chi connectivity index (χ0n) is 18.3. The molecular formula is C24H22ClN5O3S. The van der Waals surface area contributed by atoms with E-state index >= 15 is 0 Å². The third-order valence-electron chi connectivity index (χ3n) is 5.38. The number of rotatable bonds is 8. The lowest BCUT2D eigenvalue weighted by molar-refractivity contribution is -0.138. The summed E-state index contributed by atoms with van der Waals surface area (Å²) >= 11 is 7.18. The van der Waals surface area contributed by atoms with Crippen LogP contribution < -0.4 is 10.7 Å². The minimum absolute atomic E-state index is 0.0483. The van der Waals surface area contributed by atoms with E-state index in [1.165, 1.54) is 11.8 Å². The monoisotopic (exact) mass is 495 g/mol. The van der Waals surface area contributed by atoms with Gasteiger partial charge in [-0.25, -0.2) is 9.78 Å². The van der Waals surface area contributed by atoms with Crippen molar-refractivity contribution in [3.63, 3.8) is 0 Å². The number of amides is 4. The molecule has 0 bridgehead atoms. The van der Waals surface area contributed by atoms with Gasteiger partial charge in [0.25, 0.3) is 5.91 Å². The Bertz CT molecular complexity index is 1250. The zero-order chi connectivity index (χ0) is 24.3. The van der Waals surface area contributed by atoms with Crippen LogP contribution in [0.25, 0.3) is 11.3 Å². The standard InChI is InChI=1S/C24H22ClN5O3S/c1-3-13-29-19(16-9-11-18(25)12-10-16)14-26-23(29)34-15-20(31)28-30-21(32)24(2,27-22(30)33)17-7-5-4-6-8-17/h3-12,14H,1,13,15H2,2H3,(H,27,33)(H,28,31)/t24-/m0/s1. The Kier molecular flexibility index (Phi) is 6.76. The van der Waals surface area contributed by atoms with Gasteiger partial charge in [-0.1, -0.05) is 71.9 Å². The molecule has 0 aliphatic carbocycles. The lowest BCUT2D eigenvalue weighted by Gasteiger charge is -2.22. The molecule has 0 saturated carbocycles. The van der Waals surface area contributed by atoms with Gasteiger partial charge in [0, 0.05) is 11.6 Å². The largest absolute Gasteiger partial charge is 0.344 e. The molecule has 2 aromatic carbocycles. The van der Waals surface area contributed by atoms with E-state index in [4.69, 9.17) is 11.6 Å². The Balaban J connectivity index is 1.44. The van der Waals surface area contributed by atoms with Crippen LogP contribution in [0.1, 0.15) is 12.5 Å². The highest BCUT2D eigenvalue weighted by molar-refractivity contribution is 7.99. The number of hydrogen-bond donors (Lipinski definition) is 2. The molecule has 0 radical (unpaired) electrons. The summed E-state index contributed by atoms with van der Waals surface area (Å²) in [6.07, 6.45) is 3.46. The van der Waals surface area contributed by atoms with E-state index in [1.54, 1.807) is 55.6 Å². The first-order valence-electron chi connectivity index (χ1n) is 10.4. The van der Waals surface area contributed by atoms with Crippen molar-refractivity contribution >= 4 is 41.2 Å². The molecule has 1 saturated heterocycles. The van der Waals surface area contributed by atoms with Gasteiger partial charge >= 0.3 is 6.03 Å². The van der Waals surface area contributed by atoms with Crippen LogP contribution in [0.3, 0.4) is 0 Å². The molecule has 3 aromatic rings. The molecule has 1 fully saturated rings. The Morgan fingerprint density at radius 3 is 2.59 bits per heavy atom. The summed E-state index contributed by atoms with van der Waals surface area (Å²) in [5.41, 5.74) is 3.56. The van der Waals surface area contributed by atoms with Gasteiger partial charge in [-0.3, -0.25) is 15.0 Å². The highest BCUT2D eigenvalue weighted by atomic mass is 35.5. The number of hydrogen-bond acceptors (Lipinski definition) is 5. The zero-order valence-corrected chi connectivity index (χ0v) is 19.9. The van der Waals surface area contributed by atoms with E-state index in [0.717, 1.165) is 16.3 Å². The molecule has 34 heavy (non-hydrogen) atoms. The van der Waals surface area contributed by atoms with Gasteiger partial charge in [0.2, 0.25) is 5.91 Å². The second-order valence-corrected chi connectivity index (χ2v) is 9.10. The summed E-state index contributed by atoms with van der Waals surface area (Å²) in [4.78, 5) is 42.4. The van der Waals surface area contributed by atoms with Crippen molar-refractivity contribution < 1.29 is 14.4 Å². The maximum atomic E-state index is 13.0. The fourth-order valence-corrected chi connectivity index (χ4v) is 4.53. The number of allylic oxidation sites excluding steroid dienone is 1. The fraction of sp³-hybridized carbons (Fsp3) is 0.167. The Morgan fingerprint density at radius 2 is 1.91 bits per heavy atom. The molecule has 2 N–H and O–H groups in total. The molecule has 2 heterocycles. The van der Waals surface area contributed by atoms with Crippen molar-refractivity contribution in [1.29, 1.82) is 0 Å². The summed E-state index contributed by atoms with van der Waals surface area (Å²) < 4.78 is 1.92. The van der Waals surface area contributed by atoms with Crippen LogP contribution in [0.2, 0.25) is 5.02 Å². The molecule has 4 rings (SSSR count). The lowest BCUT2D eigenvalue weighted by atomic mass is 9.92. The second kappa shape index (κ2) is 9.74. The predicted octanol–water partition coefficient (Wildman–Crippen LogP) is 3.98. The van der Waals surface area contributed by atoms with Gasteiger partial charge in [0.15, 0.2) is 5.16 Å². The number of hydrazine groups is 1. The molecule has 0 spiro atoms. The molecule has 0 unspecified atom stereocenters. The summed E-state index contributed by atoms with van der Waals surface area (Å²) in [5, 5.41) is 4.62. The summed E-state index contributed by atoms with van der Waals surface area (Å²) in [5.74, 6) is -1.11. The topological polar surface area (TPSA) is 96.3 Å². The average Bonchev–Trinajstić information content (AvgIpc) is 3.33. The number of carbonyl (C=O) groups is 3. The van der Waals surface area contributed by atoms with E-state index < -0.39 is 23.4 Å². The number of imidazole rings is 1. The molecular weight excluding hydrogens is 474 g/mol. The predicted molar refractivity (Wildman–Crippen MR) is 131 cm³/mol. The van der Waals surface area contributed by atoms with E-state index in [2.05, 4.69) is 22.3 Å². The number of thioether (sulfide) groups is 1. The van der Waals surface area contributed by atoms with Crippen LogP contribution in [0.4, 0.5) is 4.79 Å². The summed E-state index contributed by atoms with van der Waals surface area (Å²) in [6, 6.07) is 15.6. The first-order valence-corrected chi connectivity index (χ1v) is 11.8. The van der Waals surface area contributed by atoms with Gasteiger partial charge in [0.05, 0.1) is 17.6 Å². The van der Waals surface area contributed by atoms with Gasteiger partial charge in [-0.05, 0) is 30.2 Å². The van der Waals surface area contributed by atoms with Crippen molar-refractivity contribution in [2.24, 2.45) is 0 Å². The van der Waals surface area contributed by atoms with Crippen LogP contribution >= 0.6 is 23.4 Å². The van der Waals surface area contributed by atoms with Crippen LogP contribution in [0.15, 0.2) is 78.6 Å². The minimum Gasteiger partial charge on any atom is -0.318 e. The minimum atomic E-state index is -1.26. The van der Waals surface area contributed by atoms with Crippen molar-refractivity contribution in [2.75, 3.05) is 5.75 Å². The van der Waals surface area contributed by atoms with E-state index in [-0.39, 0.29) is 5.75 Å². The van der Waals surface area contributed by atoms with Gasteiger partial charge in [0.1, 0.15) is 5.54 Å². The smallest absolute Gasteiger partial charge is 0.318 e. The second-order valence-electron chi connectivity index (χ2n) is 7.72. The molecule has 1 atom stereocenters. The van der Waals surface area contributed by atoms with E-state index in [1.807, 2.05) is 22.8 Å². The average molecular weight is 496 g/mol. The lowest BCUT2D eigenvalue weighted by Crippen LogP contribution is -2.48. The van der Waals surface area contributed by atoms with Crippen molar-refractivity contribution in [1.82, 2.24) is 25.3 Å². The number of carbonyl (C=O) groups excluding carboxylic acids is 3. The van der Waals surface area contributed by atoms with Crippen LogP contribution in [-0.2, 0) is 21.7 Å². The number of aromatic nitrogens is 2. The maximum Gasteiger partial charge on any atom is 0.344 e. The van der Waals surface area contributed by atoms with Crippen LogP contribution in [0.5, 0.6) is 0 Å². The first-order chi connectivity index (χ1) is 16.3. The Hall–Kier alpha value is -3.56. The number of urea groups is 1. The highest BCUT2D eigenvalue weighted by Crippen LogP contribution is 2.29. The van der Waals surface area contributed by atoms with Gasteiger partial charge < -0.3 is 9.88 Å². The van der Waals surface area contributed by atoms with Crippen molar-refractivity contribution in [3.8, 4) is 11.3 Å². The molecule has 1 aliphatic rings. The molecule has 174 valence electrons. The summed E-state index contributed by atoms with van der Waals surface area (Å²) in [6.45, 7) is 5.89. The Morgan fingerprint density at radius 1 is 1.21 bits per heavy atom. The third-order valence-corrected chi connectivity index (χ3v) is 6.62. The van der Waals surface area contributed by atoms with Gasteiger partial charge in [-0.15, -0.1) is 6.58 Å². The molecule has 1 aliphatic heterocycles. The highest BCUT2D eigenvalue weighted by Gasteiger charge is 2.49. The molecule has 1 aromatic heterocycles. The number of nitrogens with one attached hydrogen (secondary N) is 2. The molecule has 10 heteroatoms. The number of benzene rings is 2. The third kappa shape index (κ3) is 4.57. The van der Waals surface area contributed by atoms with E-state index in [9.17, 15) is 14.4 Å². The summed E-state index contributed by atoms with van der Waals surface area (Å²) in [7, 11) is 0. The normalized spacial score (nSPS) is 17.5. The van der Waals surface area contributed by atoms with Crippen molar-refractivity contribution in [2.45, 2.75) is 24.2 Å². The molecule has 4 amide bonds. The maximum absolute atomic E-state index is 13.0. The number of nitrogens with zero attached hydrogens (tertiary/aromatic N) is 3. The Labute approximate surface area is 206 Å². The number of imide groups is 1. The van der Waals surface area contributed by atoms with E-state index in [0.29, 0.717) is 22.3 Å². The quantitative estimate of drug-likeness (QED) is 0.280. The van der Waals surface area contributed by atoms with Gasteiger partial charge in [-0.2, -0.15) is 5.01 Å². The number of halogens is 1. The van der Waals surface area contributed by atoms with Crippen LogP contribution in [-0.4, -0.2) is 38.2 Å². The molecule has 8 nitrogen and oxygen atoms in total. The van der Waals surface area contributed by atoms with Crippen LogP contribution in [0, 0.1) is 0 Å². The first kappa shape index (κ1) is 23.6. The van der Waals surface area contributed by atoms with Crippen molar-refractivity contribution in [3.05, 3.63) is 84.0 Å².